The molecular formula is C9H11NO3S. The Kier molecular flexibility index (Phi) is 4.85. The van der Waals surface area contributed by atoms with Crippen LogP contribution in [0.25, 0.3) is 0 Å². The zero-order chi connectivity index (χ0) is 10.2. The lowest BCUT2D eigenvalue weighted by Gasteiger charge is -1.93. The van der Waals surface area contributed by atoms with E-state index in [1.54, 1.807) is 19.2 Å². The molecule has 0 fully saturated rings. The first-order valence-electron chi connectivity index (χ1n) is 4.18. The molecule has 0 aliphatic carbocycles. The van der Waals surface area contributed by atoms with E-state index < -0.39 is 0 Å². The molecule has 0 aliphatic rings. The van der Waals surface area contributed by atoms with Gasteiger partial charge in [-0.05, 0) is 6.92 Å². The quantitative estimate of drug-likeness (QED) is 0.424. The Morgan fingerprint density at radius 1 is 1.79 bits per heavy atom. The molecule has 5 heteroatoms. The van der Waals surface area contributed by atoms with E-state index >= 15 is 0 Å². The van der Waals surface area contributed by atoms with Crippen LogP contribution in [0.1, 0.15) is 6.92 Å². The van der Waals surface area contributed by atoms with E-state index in [-0.39, 0.29) is 5.97 Å². The monoisotopic (exact) mass is 213 g/mol. The fourth-order valence-corrected chi connectivity index (χ4v) is 1.33. The largest absolute Gasteiger partial charge is 0.463 e. The molecule has 0 radical (unpaired) electrons. The number of carbonyl (C=O) groups is 1. The van der Waals surface area contributed by atoms with E-state index in [4.69, 9.17) is 9.15 Å². The number of rotatable bonds is 5. The zero-order valence-electron chi connectivity index (χ0n) is 7.80. The summed E-state index contributed by atoms with van der Waals surface area (Å²) in [5.41, 5.74) is 0. The van der Waals surface area contributed by atoms with E-state index in [1.807, 2.05) is 0 Å². The lowest BCUT2D eigenvalue weighted by atomic mass is 10.5. The van der Waals surface area contributed by atoms with Gasteiger partial charge in [0.25, 0.3) is 5.22 Å². The summed E-state index contributed by atoms with van der Waals surface area (Å²) in [7, 11) is 0. The highest BCUT2D eigenvalue weighted by molar-refractivity contribution is 7.99. The molecule has 14 heavy (non-hydrogen) atoms. The lowest BCUT2D eigenvalue weighted by Crippen LogP contribution is -1.98. The third kappa shape index (κ3) is 4.13. The maximum Gasteiger partial charge on any atom is 0.330 e. The Hall–Kier alpha value is -1.23. The summed E-state index contributed by atoms with van der Waals surface area (Å²) < 4.78 is 9.69. The highest BCUT2D eigenvalue weighted by Crippen LogP contribution is 2.14. The van der Waals surface area contributed by atoms with E-state index in [0.29, 0.717) is 17.6 Å². The van der Waals surface area contributed by atoms with Crippen LogP contribution in [0.15, 0.2) is 34.3 Å². The molecule has 1 aromatic heterocycles. The summed E-state index contributed by atoms with van der Waals surface area (Å²) in [4.78, 5) is 14.8. The van der Waals surface area contributed by atoms with Crippen LogP contribution in [0.4, 0.5) is 0 Å². The van der Waals surface area contributed by atoms with Gasteiger partial charge < -0.3 is 9.15 Å². The number of aromatic nitrogens is 1. The first-order valence-corrected chi connectivity index (χ1v) is 5.17. The number of hydrogen-bond acceptors (Lipinski definition) is 5. The van der Waals surface area contributed by atoms with Gasteiger partial charge in [0.05, 0.1) is 12.8 Å². The fourth-order valence-electron chi connectivity index (χ4n) is 0.736. The average Bonchev–Trinajstić information content (AvgIpc) is 2.65. The van der Waals surface area contributed by atoms with Crippen molar-refractivity contribution in [2.24, 2.45) is 0 Å². The van der Waals surface area contributed by atoms with E-state index in [0.717, 1.165) is 0 Å². The van der Waals surface area contributed by atoms with Crippen molar-refractivity contribution in [1.29, 1.82) is 0 Å². The van der Waals surface area contributed by atoms with E-state index in [1.165, 1.54) is 24.1 Å². The Morgan fingerprint density at radius 3 is 3.29 bits per heavy atom. The molecule has 0 aromatic carbocycles. The van der Waals surface area contributed by atoms with Crippen LogP contribution in [0, 0.1) is 0 Å². The van der Waals surface area contributed by atoms with Crippen LogP contribution in [0.2, 0.25) is 0 Å². The minimum absolute atomic E-state index is 0.319. The third-order valence-corrected chi connectivity index (χ3v) is 2.06. The molecule has 4 nitrogen and oxygen atoms in total. The number of thioether (sulfide) groups is 1. The Labute approximate surface area is 86.3 Å². The maximum atomic E-state index is 10.8. The highest BCUT2D eigenvalue weighted by atomic mass is 32.2. The number of esters is 1. The van der Waals surface area contributed by atoms with Crippen LogP contribution in [0.3, 0.4) is 0 Å². The molecular weight excluding hydrogens is 202 g/mol. The maximum absolute atomic E-state index is 10.8. The molecule has 0 atom stereocenters. The summed E-state index contributed by atoms with van der Waals surface area (Å²) in [6, 6.07) is 0. The molecule has 76 valence electrons. The second kappa shape index (κ2) is 6.26. The standard InChI is InChI=1S/C9H11NO3S/c1-2-12-8(11)4-3-7-14-9-10-5-6-13-9/h3-6H,2,7H2,1H3/b4-3+. The Balaban J connectivity index is 2.18. The van der Waals surface area contributed by atoms with Crippen molar-refractivity contribution < 1.29 is 13.9 Å². The minimum Gasteiger partial charge on any atom is -0.463 e. The topological polar surface area (TPSA) is 52.3 Å². The van der Waals surface area contributed by atoms with Gasteiger partial charge in [-0.1, -0.05) is 17.8 Å². The SMILES string of the molecule is CCOC(=O)/C=C/CSc1ncco1. The number of hydrogen-bond donors (Lipinski definition) is 0. The highest BCUT2D eigenvalue weighted by Gasteiger charge is 1.96. The number of nitrogens with zero attached hydrogens (tertiary/aromatic N) is 1. The number of oxazole rings is 1. The first kappa shape index (κ1) is 10.8. The summed E-state index contributed by atoms with van der Waals surface area (Å²) >= 11 is 1.41. The smallest absolute Gasteiger partial charge is 0.330 e. The van der Waals surface area contributed by atoms with Gasteiger partial charge >= 0.3 is 5.97 Å². The average molecular weight is 213 g/mol. The minimum atomic E-state index is -0.319. The molecule has 1 heterocycles. The van der Waals surface area contributed by atoms with Crippen molar-refractivity contribution in [3.8, 4) is 0 Å². The predicted octanol–water partition coefficient (Wildman–Crippen LogP) is 1.89. The van der Waals surface area contributed by atoms with Crippen LogP contribution in [-0.4, -0.2) is 23.3 Å². The molecule has 1 rings (SSSR count). The lowest BCUT2D eigenvalue weighted by molar-refractivity contribution is -0.137. The number of ether oxygens (including phenoxy) is 1. The molecule has 0 saturated carbocycles. The molecule has 0 unspecified atom stereocenters. The molecule has 0 N–H and O–H groups in total. The Bertz CT molecular complexity index is 295. The fraction of sp³-hybridized carbons (Fsp3) is 0.333. The van der Waals surface area contributed by atoms with E-state index in [2.05, 4.69) is 4.98 Å². The van der Waals surface area contributed by atoms with Gasteiger partial charge in [-0.2, -0.15) is 0 Å². The van der Waals surface area contributed by atoms with Gasteiger partial charge in [0, 0.05) is 11.8 Å². The van der Waals surface area contributed by atoms with Crippen molar-refractivity contribution in [2.45, 2.75) is 12.1 Å². The summed E-state index contributed by atoms with van der Waals surface area (Å²) in [6.07, 6.45) is 6.21. The second-order valence-corrected chi connectivity index (χ2v) is 3.23. The molecule has 0 amide bonds. The van der Waals surface area contributed by atoms with Gasteiger partial charge in [-0.3, -0.25) is 0 Å². The zero-order valence-corrected chi connectivity index (χ0v) is 8.62. The van der Waals surface area contributed by atoms with Crippen molar-refractivity contribution in [1.82, 2.24) is 4.98 Å². The summed E-state index contributed by atoms with van der Waals surface area (Å²) in [5.74, 6) is 0.319. The predicted molar refractivity (Wildman–Crippen MR) is 53.0 cm³/mol. The van der Waals surface area contributed by atoms with E-state index in [9.17, 15) is 4.79 Å². The van der Waals surface area contributed by atoms with Crippen LogP contribution in [-0.2, 0) is 9.53 Å². The van der Waals surface area contributed by atoms with Crippen molar-refractivity contribution in [2.75, 3.05) is 12.4 Å². The van der Waals surface area contributed by atoms with Gasteiger partial charge in [0.1, 0.15) is 6.26 Å². The van der Waals surface area contributed by atoms with Gasteiger partial charge in [-0.25, -0.2) is 9.78 Å². The van der Waals surface area contributed by atoms with Crippen LogP contribution < -0.4 is 0 Å². The second-order valence-electron chi connectivity index (χ2n) is 2.26. The van der Waals surface area contributed by atoms with Crippen LogP contribution >= 0.6 is 11.8 Å². The van der Waals surface area contributed by atoms with Crippen molar-refractivity contribution >= 4 is 17.7 Å². The molecule has 0 bridgehead atoms. The molecule has 0 saturated heterocycles. The van der Waals surface area contributed by atoms with Gasteiger partial charge in [0.15, 0.2) is 0 Å². The first-order chi connectivity index (χ1) is 6.83. The molecule has 0 spiro atoms. The van der Waals surface area contributed by atoms with Gasteiger partial charge in [-0.15, -0.1) is 0 Å². The normalized spacial score (nSPS) is 10.6. The molecule has 0 aliphatic heterocycles. The van der Waals surface area contributed by atoms with Crippen molar-refractivity contribution in [3.05, 3.63) is 24.6 Å². The third-order valence-electron chi connectivity index (χ3n) is 1.25. The van der Waals surface area contributed by atoms with Crippen LogP contribution in [0.5, 0.6) is 0 Å². The Morgan fingerprint density at radius 2 is 2.64 bits per heavy atom. The summed E-state index contributed by atoms with van der Waals surface area (Å²) in [5, 5.41) is 0.596. The van der Waals surface area contributed by atoms with Crippen molar-refractivity contribution in [3.63, 3.8) is 0 Å². The molecule has 1 aromatic rings. The number of carbonyl (C=O) groups excluding carboxylic acids is 1. The van der Waals surface area contributed by atoms with Gasteiger partial charge in [0.2, 0.25) is 0 Å². The summed E-state index contributed by atoms with van der Waals surface area (Å²) in [6.45, 7) is 2.17.